The van der Waals surface area contributed by atoms with Crippen LogP contribution in [-0.2, 0) is 0 Å². The zero-order chi connectivity index (χ0) is 14.7. The van der Waals surface area contributed by atoms with Gasteiger partial charge in [-0.25, -0.2) is 0 Å². The standard InChI is InChI=1S/C17H22N2O2/c1-12-14(10-7-11-15(12)20)17-18-16(19-21-17)13-8-5-3-2-4-6-9-13/h7,10-11,13,20H,2-6,8-9H2,1H3. The molecule has 0 atom stereocenters. The summed E-state index contributed by atoms with van der Waals surface area (Å²) in [7, 11) is 0. The van der Waals surface area contributed by atoms with Crippen molar-refractivity contribution in [1.82, 2.24) is 10.1 Å². The molecular formula is C17H22N2O2. The lowest BCUT2D eigenvalue weighted by molar-refractivity contribution is 0.393. The van der Waals surface area contributed by atoms with Crippen LogP contribution >= 0.6 is 0 Å². The molecule has 0 bridgehead atoms. The van der Waals surface area contributed by atoms with Gasteiger partial charge in [-0.2, -0.15) is 4.98 Å². The van der Waals surface area contributed by atoms with E-state index in [-0.39, 0.29) is 5.75 Å². The summed E-state index contributed by atoms with van der Waals surface area (Å²) in [6.07, 6.45) is 8.78. The van der Waals surface area contributed by atoms with Crippen molar-refractivity contribution in [2.24, 2.45) is 0 Å². The maximum Gasteiger partial charge on any atom is 0.258 e. The van der Waals surface area contributed by atoms with Crippen molar-refractivity contribution in [3.05, 3.63) is 29.6 Å². The van der Waals surface area contributed by atoms with Crippen molar-refractivity contribution in [3.63, 3.8) is 0 Å². The van der Waals surface area contributed by atoms with Gasteiger partial charge in [-0.3, -0.25) is 0 Å². The van der Waals surface area contributed by atoms with E-state index >= 15 is 0 Å². The molecule has 0 radical (unpaired) electrons. The third-order valence-electron chi connectivity index (χ3n) is 4.45. The fourth-order valence-corrected chi connectivity index (χ4v) is 3.08. The Labute approximate surface area is 125 Å². The van der Waals surface area contributed by atoms with Gasteiger partial charge in [-0.15, -0.1) is 0 Å². The van der Waals surface area contributed by atoms with Crippen LogP contribution in [0.25, 0.3) is 11.5 Å². The first-order valence-electron chi connectivity index (χ1n) is 7.88. The van der Waals surface area contributed by atoms with Gasteiger partial charge in [-0.1, -0.05) is 43.3 Å². The lowest BCUT2D eigenvalue weighted by atomic mass is 9.91. The number of aromatic nitrogens is 2. The van der Waals surface area contributed by atoms with Gasteiger partial charge < -0.3 is 9.63 Å². The summed E-state index contributed by atoms with van der Waals surface area (Å²) in [4.78, 5) is 4.59. The molecular weight excluding hydrogens is 264 g/mol. The van der Waals surface area contributed by atoms with Crippen LogP contribution in [0.15, 0.2) is 22.7 Å². The van der Waals surface area contributed by atoms with Crippen LogP contribution in [0, 0.1) is 6.92 Å². The molecule has 1 fully saturated rings. The second-order valence-electron chi connectivity index (χ2n) is 5.95. The largest absolute Gasteiger partial charge is 0.508 e. The van der Waals surface area contributed by atoms with E-state index in [1.54, 1.807) is 12.1 Å². The second kappa shape index (κ2) is 6.29. The topological polar surface area (TPSA) is 59.2 Å². The molecule has 1 aliphatic carbocycles. The van der Waals surface area contributed by atoms with Gasteiger partial charge in [0, 0.05) is 17.0 Å². The summed E-state index contributed by atoms with van der Waals surface area (Å²) < 4.78 is 5.44. The van der Waals surface area contributed by atoms with E-state index in [1.165, 1.54) is 32.1 Å². The van der Waals surface area contributed by atoms with Gasteiger partial charge in [0.15, 0.2) is 5.82 Å². The van der Waals surface area contributed by atoms with Crippen molar-refractivity contribution in [1.29, 1.82) is 0 Å². The second-order valence-corrected chi connectivity index (χ2v) is 5.95. The van der Waals surface area contributed by atoms with E-state index < -0.39 is 0 Å². The quantitative estimate of drug-likeness (QED) is 0.878. The predicted octanol–water partition coefficient (Wildman–Crippen LogP) is 4.58. The average Bonchev–Trinajstić information content (AvgIpc) is 2.91. The first-order chi connectivity index (χ1) is 10.3. The number of hydrogen-bond acceptors (Lipinski definition) is 4. The van der Waals surface area contributed by atoms with Crippen LogP contribution in [0.2, 0.25) is 0 Å². The van der Waals surface area contributed by atoms with Crippen molar-refractivity contribution < 1.29 is 9.63 Å². The van der Waals surface area contributed by atoms with Gasteiger partial charge in [0.25, 0.3) is 5.89 Å². The van der Waals surface area contributed by atoms with Gasteiger partial charge in [-0.05, 0) is 31.9 Å². The van der Waals surface area contributed by atoms with Crippen LogP contribution in [0.5, 0.6) is 5.75 Å². The van der Waals surface area contributed by atoms with Crippen LogP contribution < -0.4 is 0 Å². The molecule has 112 valence electrons. The van der Waals surface area contributed by atoms with E-state index in [0.717, 1.165) is 29.8 Å². The Morgan fingerprint density at radius 2 is 1.81 bits per heavy atom. The highest BCUT2D eigenvalue weighted by Gasteiger charge is 2.20. The maximum atomic E-state index is 9.80. The Morgan fingerprint density at radius 3 is 2.57 bits per heavy atom. The third kappa shape index (κ3) is 3.09. The van der Waals surface area contributed by atoms with Gasteiger partial charge >= 0.3 is 0 Å². The van der Waals surface area contributed by atoms with Crippen LogP contribution in [0.1, 0.15) is 62.3 Å². The first kappa shape index (κ1) is 14.1. The van der Waals surface area contributed by atoms with Crippen molar-refractivity contribution in [2.45, 2.75) is 57.8 Å². The smallest absolute Gasteiger partial charge is 0.258 e. The summed E-state index contributed by atoms with van der Waals surface area (Å²) >= 11 is 0. The SMILES string of the molecule is Cc1c(O)cccc1-c1nc(C2CCCCCCC2)no1. The molecule has 1 N–H and O–H groups in total. The van der Waals surface area contributed by atoms with Gasteiger partial charge in [0.05, 0.1) is 0 Å². The molecule has 4 nitrogen and oxygen atoms in total. The fourth-order valence-electron chi connectivity index (χ4n) is 3.08. The van der Waals surface area contributed by atoms with Crippen molar-refractivity contribution >= 4 is 0 Å². The normalized spacial score (nSPS) is 17.4. The molecule has 3 rings (SSSR count). The van der Waals surface area contributed by atoms with E-state index in [0.29, 0.717) is 11.8 Å². The number of phenolic OH excluding ortho intramolecular Hbond substituents is 1. The zero-order valence-electron chi connectivity index (χ0n) is 12.5. The molecule has 1 heterocycles. The lowest BCUT2D eigenvalue weighted by Gasteiger charge is -2.15. The summed E-state index contributed by atoms with van der Waals surface area (Å²) in [5.41, 5.74) is 1.60. The molecule has 1 aliphatic rings. The Kier molecular flexibility index (Phi) is 4.23. The van der Waals surface area contributed by atoms with Crippen LogP contribution in [0.3, 0.4) is 0 Å². The third-order valence-corrected chi connectivity index (χ3v) is 4.45. The molecule has 1 saturated carbocycles. The van der Waals surface area contributed by atoms with Crippen molar-refractivity contribution in [2.75, 3.05) is 0 Å². The number of rotatable bonds is 2. The monoisotopic (exact) mass is 286 g/mol. The summed E-state index contributed by atoms with van der Waals surface area (Å²) in [5, 5.41) is 14.0. The summed E-state index contributed by atoms with van der Waals surface area (Å²) in [6.45, 7) is 1.87. The summed E-state index contributed by atoms with van der Waals surface area (Å²) in [5.74, 6) is 2.02. The minimum Gasteiger partial charge on any atom is -0.508 e. The minimum absolute atomic E-state index is 0.262. The molecule has 0 spiro atoms. The maximum absolute atomic E-state index is 9.80. The highest BCUT2D eigenvalue weighted by atomic mass is 16.5. The van der Waals surface area contributed by atoms with E-state index in [9.17, 15) is 5.11 Å². The number of benzene rings is 1. The predicted molar refractivity (Wildman–Crippen MR) is 81.2 cm³/mol. The average molecular weight is 286 g/mol. The Hall–Kier alpha value is -1.84. The number of hydrogen-bond donors (Lipinski definition) is 1. The van der Waals surface area contributed by atoms with E-state index in [2.05, 4.69) is 10.1 Å². The molecule has 0 unspecified atom stereocenters. The molecule has 1 aromatic carbocycles. The molecule has 2 aromatic rings. The molecule has 1 aromatic heterocycles. The number of nitrogens with zero attached hydrogens (tertiary/aromatic N) is 2. The molecule has 0 aliphatic heterocycles. The zero-order valence-corrected chi connectivity index (χ0v) is 12.5. The summed E-state index contributed by atoms with van der Waals surface area (Å²) in [6, 6.07) is 5.38. The lowest BCUT2D eigenvalue weighted by Crippen LogP contribution is -2.04. The van der Waals surface area contributed by atoms with E-state index in [4.69, 9.17) is 4.52 Å². The van der Waals surface area contributed by atoms with Crippen LogP contribution in [0.4, 0.5) is 0 Å². The van der Waals surface area contributed by atoms with Gasteiger partial charge in [0.2, 0.25) is 0 Å². The minimum atomic E-state index is 0.262. The molecule has 0 amide bonds. The van der Waals surface area contributed by atoms with Gasteiger partial charge in [0.1, 0.15) is 5.75 Å². The molecule has 4 heteroatoms. The van der Waals surface area contributed by atoms with E-state index in [1.807, 2.05) is 13.0 Å². The first-order valence-corrected chi connectivity index (χ1v) is 7.88. The van der Waals surface area contributed by atoms with Crippen molar-refractivity contribution in [3.8, 4) is 17.2 Å². The molecule has 21 heavy (non-hydrogen) atoms. The number of phenols is 1. The Bertz CT molecular complexity index is 599. The number of aromatic hydroxyl groups is 1. The highest BCUT2D eigenvalue weighted by molar-refractivity contribution is 5.61. The fraction of sp³-hybridized carbons (Fsp3) is 0.529. The Balaban J connectivity index is 1.83. The Morgan fingerprint density at radius 1 is 1.10 bits per heavy atom. The van der Waals surface area contributed by atoms with Crippen LogP contribution in [-0.4, -0.2) is 15.2 Å². The molecule has 0 saturated heterocycles. The highest BCUT2D eigenvalue weighted by Crippen LogP contribution is 2.32.